The van der Waals surface area contributed by atoms with Gasteiger partial charge in [0, 0.05) is 9.15 Å². The molecule has 0 fully saturated rings. The molecule has 0 heterocycles. The van der Waals surface area contributed by atoms with Crippen molar-refractivity contribution >= 4 is 28.6 Å². The molecule has 2 nitrogen and oxygen atoms in total. The maximum atomic E-state index is 10.6. The summed E-state index contributed by atoms with van der Waals surface area (Å²) in [4.78, 5) is 10.6. The number of carboxylic acid groups (broad SMARTS) is 1. The highest BCUT2D eigenvalue weighted by molar-refractivity contribution is 14.1. The molecule has 0 saturated carbocycles. The van der Waals surface area contributed by atoms with Gasteiger partial charge in [-0.1, -0.05) is 20.4 Å². The van der Waals surface area contributed by atoms with Crippen molar-refractivity contribution in [2.45, 2.75) is 20.8 Å². The summed E-state index contributed by atoms with van der Waals surface area (Å²) in [6.07, 6.45) is 0. The highest BCUT2D eigenvalue weighted by Gasteiger charge is 2.11. The van der Waals surface area contributed by atoms with E-state index in [1.54, 1.807) is 6.92 Å². The third-order valence-electron chi connectivity index (χ3n) is 1.63. The van der Waals surface area contributed by atoms with E-state index < -0.39 is 5.97 Å². The topological polar surface area (TPSA) is 37.3 Å². The zero-order valence-corrected chi connectivity index (χ0v) is 9.68. The summed E-state index contributed by atoms with van der Waals surface area (Å²) in [6, 6.07) is 0. The van der Waals surface area contributed by atoms with E-state index in [4.69, 9.17) is 5.11 Å². The van der Waals surface area contributed by atoms with Gasteiger partial charge in [-0.15, -0.1) is 0 Å². The van der Waals surface area contributed by atoms with E-state index >= 15 is 0 Å². The number of carbonyl (C=O) groups is 1. The second kappa shape index (κ2) is 4.64. The van der Waals surface area contributed by atoms with Crippen molar-refractivity contribution in [1.29, 1.82) is 0 Å². The smallest absolute Gasteiger partial charge is 0.332 e. The molecule has 0 spiro atoms. The van der Waals surface area contributed by atoms with Crippen LogP contribution in [0.5, 0.6) is 0 Å². The second-order valence-electron chi connectivity index (χ2n) is 2.92. The van der Waals surface area contributed by atoms with E-state index in [2.05, 4.69) is 6.58 Å². The molecule has 3 heteroatoms. The van der Waals surface area contributed by atoms with Gasteiger partial charge in [-0.2, -0.15) is 0 Å². The molecule has 0 aromatic heterocycles. The first-order valence-electron chi connectivity index (χ1n) is 3.66. The summed E-state index contributed by atoms with van der Waals surface area (Å²) >= 11 is 2.02. The molecule has 0 rings (SSSR count). The molecular formula is C9H13IO2. The summed E-state index contributed by atoms with van der Waals surface area (Å²) in [6.45, 7) is 9.42. The van der Waals surface area contributed by atoms with Crippen LogP contribution in [-0.4, -0.2) is 11.1 Å². The molecule has 0 aliphatic carbocycles. The lowest BCUT2D eigenvalue weighted by Crippen LogP contribution is -2.02. The van der Waals surface area contributed by atoms with Gasteiger partial charge in [-0.05, 0) is 41.0 Å². The van der Waals surface area contributed by atoms with Crippen LogP contribution in [0.1, 0.15) is 20.8 Å². The van der Waals surface area contributed by atoms with E-state index in [0.29, 0.717) is 11.5 Å². The van der Waals surface area contributed by atoms with Crippen molar-refractivity contribution < 1.29 is 9.90 Å². The SMILES string of the molecule is C=C(C(I)=C(C)C(=O)O)C(C)C. The minimum atomic E-state index is -0.874. The van der Waals surface area contributed by atoms with Crippen LogP contribution in [0.25, 0.3) is 0 Å². The molecule has 0 atom stereocenters. The summed E-state index contributed by atoms with van der Waals surface area (Å²) < 4.78 is 0.759. The van der Waals surface area contributed by atoms with E-state index in [1.165, 1.54) is 0 Å². The summed E-state index contributed by atoms with van der Waals surface area (Å²) in [7, 11) is 0. The maximum absolute atomic E-state index is 10.6. The van der Waals surface area contributed by atoms with Gasteiger partial charge in [0.15, 0.2) is 0 Å². The fourth-order valence-electron chi connectivity index (χ4n) is 0.588. The third-order valence-corrected chi connectivity index (χ3v) is 3.13. The molecule has 0 aliphatic heterocycles. The first-order chi connectivity index (χ1) is 5.37. The maximum Gasteiger partial charge on any atom is 0.332 e. The molecule has 0 aromatic rings. The lowest BCUT2D eigenvalue weighted by molar-refractivity contribution is -0.132. The monoisotopic (exact) mass is 280 g/mol. The molecule has 68 valence electrons. The number of carboxylic acids is 1. The van der Waals surface area contributed by atoms with Crippen LogP contribution in [0.15, 0.2) is 21.3 Å². The minimum Gasteiger partial charge on any atom is -0.478 e. The van der Waals surface area contributed by atoms with Crippen LogP contribution in [0.2, 0.25) is 0 Å². The number of hydrogen-bond acceptors (Lipinski definition) is 1. The van der Waals surface area contributed by atoms with Gasteiger partial charge in [-0.25, -0.2) is 4.79 Å². The standard InChI is InChI=1S/C9H13IO2/c1-5(2)6(3)8(10)7(4)9(11)12/h5H,3H2,1-2,4H3,(H,11,12). The molecule has 12 heavy (non-hydrogen) atoms. The fraction of sp³-hybridized carbons (Fsp3) is 0.444. The Morgan fingerprint density at radius 2 is 1.92 bits per heavy atom. The Hall–Kier alpha value is -0.320. The van der Waals surface area contributed by atoms with Gasteiger partial charge in [0.25, 0.3) is 0 Å². The van der Waals surface area contributed by atoms with Gasteiger partial charge < -0.3 is 5.11 Å². The van der Waals surface area contributed by atoms with Crippen LogP contribution in [0.4, 0.5) is 0 Å². The molecule has 0 aliphatic rings. The molecule has 1 N–H and O–H groups in total. The van der Waals surface area contributed by atoms with Gasteiger partial charge in [0.1, 0.15) is 0 Å². The Morgan fingerprint density at radius 1 is 1.50 bits per heavy atom. The van der Waals surface area contributed by atoms with E-state index in [-0.39, 0.29) is 0 Å². The van der Waals surface area contributed by atoms with Gasteiger partial charge in [0.05, 0.1) is 0 Å². The zero-order valence-electron chi connectivity index (χ0n) is 7.52. The zero-order chi connectivity index (χ0) is 9.89. The lowest BCUT2D eigenvalue weighted by atomic mass is 10.0. The Morgan fingerprint density at radius 3 is 2.17 bits per heavy atom. The van der Waals surface area contributed by atoms with Crippen LogP contribution in [0, 0.1) is 5.92 Å². The Bertz CT molecular complexity index is 239. The number of rotatable bonds is 3. The normalized spacial score (nSPS) is 12.8. The number of aliphatic carboxylic acids is 1. The molecular weight excluding hydrogens is 267 g/mol. The van der Waals surface area contributed by atoms with E-state index in [1.807, 2.05) is 36.4 Å². The van der Waals surface area contributed by atoms with Crippen molar-refractivity contribution in [2.75, 3.05) is 0 Å². The largest absolute Gasteiger partial charge is 0.478 e. The predicted octanol–water partition coefficient (Wildman–Crippen LogP) is 2.99. The van der Waals surface area contributed by atoms with Crippen molar-refractivity contribution in [3.05, 3.63) is 21.3 Å². The Balaban J connectivity index is 4.79. The molecule has 0 aromatic carbocycles. The second-order valence-corrected chi connectivity index (χ2v) is 4.00. The Kier molecular flexibility index (Phi) is 4.52. The van der Waals surface area contributed by atoms with Crippen molar-refractivity contribution in [3.8, 4) is 0 Å². The van der Waals surface area contributed by atoms with Crippen molar-refractivity contribution in [3.63, 3.8) is 0 Å². The van der Waals surface area contributed by atoms with Crippen LogP contribution in [0.3, 0.4) is 0 Å². The lowest BCUT2D eigenvalue weighted by Gasteiger charge is -2.09. The van der Waals surface area contributed by atoms with E-state index in [9.17, 15) is 4.79 Å². The van der Waals surface area contributed by atoms with Crippen LogP contribution < -0.4 is 0 Å². The summed E-state index contributed by atoms with van der Waals surface area (Å²) in [5.74, 6) is -0.576. The number of hydrogen-bond donors (Lipinski definition) is 1. The van der Waals surface area contributed by atoms with Gasteiger partial charge in [-0.3, -0.25) is 0 Å². The highest BCUT2D eigenvalue weighted by atomic mass is 127. The third kappa shape index (κ3) is 2.97. The number of halogens is 1. The molecule has 0 unspecified atom stereocenters. The quantitative estimate of drug-likeness (QED) is 0.490. The predicted molar refractivity (Wildman–Crippen MR) is 58.3 cm³/mol. The Labute approximate surface area is 86.5 Å². The first kappa shape index (κ1) is 11.7. The average Bonchev–Trinajstić information content (AvgIpc) is 2.00. The summed E-state index contributed by atoms with van der Waals surface area (Å²) in [5, 5.41) is 8.68. The van der Waals surface area contributed by atoms with Crippen molar-refractivity contribution in [1.82, 2.24) is 0 Å². The molecule has 0 bridgehead atoms. The summed E-state index contributed by atoms with van der Waals surface area (Å²) in [5.41, 5.74) is 1.25. The number of allylic oxidation sites excluding steroid dienone is 2. The molecule has 0 amide bonds. The van der Waals surface area contributed by atoms with E-state index in [0.717, 1.165) is 9.15 Å². The first-order valence-corrected chi connectivity index (χ1v) is 4.74. The highest BCUT2D eigenvalue weighted by Crippen LogP contribution is 2.26. The minimum absolute atomic E-state index is 0.297. The molecule has 0 radical (unpaired) electrons. The van der Waals surface area contributed by atoms with Gasteiger partial charge >= 0.3 is 5.97 Å². The fourth-order valence-corrected chi connectivity index (χ4v) is 1.44. The van der Waals surface area contributed by atoms with Crippen molar-refractivity contribution in [2.24, 2.45) is 5.92 Å². The van der Waals surface area contributed by atoms with Crippen LogP contribution in [-0.2, 0) is 4.79 Å². The van der Waals surface area contributed by atoms with Crippen LogP contribution >= 0.6 is 22.6 Å². The average molecular weight is 280 g/mol. The molecule has 0 saturated heterocycles. The van der Waals surface area contributed by atoms with Gasteiger partial charge in [0.2, 0.25) is 0 Å².